The Balaban J connectivity index is 2.00. The molecule has 3 rings (SSSR count). The number of aryl methyl sites for hydroxylation is 2. The number of benzene rings is 3. The van der Waals surface area contributed by atoms with Gasteiger partial charge in [0.25, 0.3) is 10.0 Å². The third-order valence-electron chi connectivity index (χ3n) is 4.52. The molecule has 3 aromatic rings. The van der Waals surface area contributed by atoms with Crippen LogP contribution in [0.15, 0.2) is 81.7 Å². The number of amides is 1. The minimum absolute atomic E-state index is 0.0711. The van der Waals surface area contributed by atoms with Crippen molar-refractivity contribution in [3.8, 4) is 0 Å². The van der Waals surface area contributed by atoms with Crippen molar-refractivity contribution in [3.63, 3.8) is 0 Å². The fourth-order valence-electron chi connectivity index (χ4n) is 2.75. The molecule has 0 aliphatic heterocycles. The first kappa shape index (κ1) is 25.7. The molecule has 0 fully saturated rings. The van der Waals surface area contributed by atoms with Gasteiger partial charge in [0.1, 0.15) is 0 Å². The van der Waals surface area contributed by atoms with Crippen molar-refractivity contribution in [1.82, 2.24) is 4.72 Å². The number of halogens is 2. The van der Waals surface area contributed by atoms with Crippen LogP contribution in [0.25, 0.3) is 0 Å². The molecule has 12 heteroatoms. The smallest absolute Gasteiger partial charge is 0.296 e. The summed E-state index contributed by atoms with van der Waals surface area (Å²) in [6.45, 7) is 3.54. The van der Waals surface area contributed by atoms with Crippen molar-refractivity contribution >= 4 is 54.2 Å². The quantitative estimate of drug-likeness (QED) is 0.213. The molecule has 0 heterocycles. The third-order valence-corrected chi connectivity index (χ3v) is 8.16. The number of oxime groups is 1. The molecule has 0 aliphatic carbocycles. The summed E-state index contributed by atoms with van der Waals surface area (Å²) in [5.41, 5.74) is 1.42. The number of rotatable bonds is 5. The maximum absolute atomic E-state index is 13.3. The Labute approximate surface area is 207 Å². The Morgan fingerprint density at radius 1 is 0.794 bits per heavy atom. The number of hydrogen-bond acceptors (Lipinski definition) is 7. The van der Waals surface area contributed by atoms with Crippen LogP contribution in [0.5, 0.6) is 0 Å². The minimum atomic E-state index is -4.39. The van der Waals surface area contributed by atoms with E-state index in [2.05, 4.69) is 9.99 Å². The summed E-state index contributed by atoms with van der Waals surface area (Å²) < 4.78 is 53.1. The van der Waals surface area contributed by atoms with Gasteiger partial charge in [0.2, 0.25) is 14.9 Å². The van der Waals surface area contributed by atoms with E-state index in [0.717, 1.165) is 11.1 Å². The van der Waals surface area contributed by atoms with Crippen LogP contribution in [0, 0.1) is 13.8 Å². The molecule has 0 radical (unpaired) electrons. The summed E-state index contributed by atoms with van der Waals surface area (Å²) in [7, 11) is -8.68. The highest BCUT2D eigenvalue weighted by Crippen LogP contribution is 2.29. The Kier molecular flexibility index (Phi) is 7.67. The van der Waals surface area contributed by atoms with Gasteiger partial charge in [-0.1, -0.05) is 69.8 Å². The van der Waals surface area contributed by atoms with E-state index in [1.807, 2.05) is 0 Å². The van der Waals surface area contributed by atoms with Gasteiger partial charge < -0.3 is 0 Å². The standard InChI is InChI=1S/C22H18Cl2N2O6S2/c1-14-6-10-16(11-7-14)33(28,29)21(20-18(23)4-3-5-19(20)24)25-32-22(27)26-34(30,31)17-12-8-15(2)9-13-17/h3-13H,1-2H3,(H,26,27). The first-order valence-corrected chi connectivity index (χ1v) is 13.3. The van der Waals surface area contributed by atoms with E-state index in [1.165, 1.54) is 42.5 Å². The molecule has 0 saturated carbocycles. The van der Waals surface area contributed by atoms with Gasteiger partial charge in [-0.3, -0.25) is 4.84 Å². The number of sulfone groups is 1. The molecule has 34 heavy (non-hydrogen) atoms. The lowest BCUT2D eigenvalue weighted by Crippen LogP contribution is -2.30. The highest BCUT2D eigenvalue weighted by atomic mass is 35.5. The Bertz CT molecular complexity index is 1450. The van der Waals surface area contributed by atoms with Gasteiger partial charge in [-0.15, -0.1) is 0 Å². The summed E-state index contributed by atoms with van der Waals surface area (Å²) in [5.74, 6) is 0. The van der Waals surface area contributed by atoms with Crippen molar-refractivity contribution in [2.24, 2.45) is 5.16 Å². The van der Waals surface area contributed by atoms with Gasteiger partial charge in [0.15, 0.2) is 0 Å². The van der Waals surface area contributed by atoms with Crippen LogP contribution < -0.4 is 4.72 Å². The van der Waals surface area contributed by atoms with Crippen molar-refractivity contribution < 1.29 is 26.5 Å². The minimum Gasteiger partial charge on any atom is -0.296 e. The average molecular weight is 541 g/mol. The molecule has 0 bridgehead atoms. The molecule has 8 nitrogen and oxygen atoms in total. The highest BCUT2D eigenvalue weighted by Gasteiger charge is 2.30. The van der Waals surface area contributed by atoms with E-state index < -0.39 is 31.0 Å². The maximum Gasteiger partial charge on any atom is 0.447 e. The van der Waals surface area contributed by atoms with Crippen molar-refractivity contribution in [2.45, 2.75) is 23.6 Å². The largest absolute Gasteiger partial charge is 0.447 e. The predicted molar refractivity (Wildman–Crippen MR) is 129 cm³/mol. The van der Waals surface area contributed by atoms with Crippen LogP contribution >= 0.6 is 23.2 Å². The first-order valence-electron chi connectivity index (χ1n) is 9.56. The molecule has 0 saturated heterocycles. The predicted octanol–water partition coefficient (Wildman–Crippen LogP) is 4.86. The van der Waals surface area contributed by atoms with E-state index >= 15 is 0 Å². The number of nitrogens with zero attached hydrogens (tertiary/aromatic N) is 1. The van der Waals surface area contributed by atoms with Gasteiger partial charge in [0.05, 0.1) is 25.4 Å². The molecule has 1 N–H and O–H groups in total. The Hall–Kier alpha value is -2.92. The average Bonchev–Trinajstić information content (AvgIpc) is 2.76. The molecule has 0 unspecified atom stereocenters. The molecule has 178 valence electrons. The first-order chi connectivity index (χ1) is 15.9. The van der Waals surface area contributed by atoms with Gasteiger partial charge >= 0.3 is 6.09 Å². The lowest BCUT2D eigenvalue weighted by molar-refractivity contribution is 0.157. The summed E-state index contributed by atoms with van der Waals surface area (Å²) in [4.78, 5) is 16.5. The van der Waals surface area contributed by atoms with Crippen molar-refractivity contribution in [3.05, 3.63) is 93.5 Å². The van der Waals surface area contributed by atoms with E-state index in [0.29, 0.717) is 0 Å². The maximum atomic E-state index is 13.3. The second-order valence-electron chi connectivity index (χ2n) is 7.11. The van der Waals surface area contributed by atoms with Crippen LogP contribution in [0.4, 0.5) is 4.79 Å². The summed E-state index contributed by atoms with van der Waals surface area (Å²) in [6.07, 6.45) is -1.53. The second-order valence-corrected chi connectivity index (χ2v) is 11.5. The highest BCUT2D eigenvalue weighted by molar-refractivity contribution is 8.07. The van der Waals surface area contributed by atoms with E-state index in [9.17, 15) is 21.6 Å². The summed E-state index contributed by atoms with van der Waals surface area (Å²) in [5, 5.41) is 2.55. The van der Waals surface area contributed by atoms with Crippen molar-refractivity contribution in [2.75, 3.05) is 0 Å². The van der Waals surface area contributed by atoms with E-state index in [1.54, 1.807) is 42.8 Å². The zero-order valence-electron chi connectivity index (χ0n) is 17.8. The number of hydrogen-bond donors (Lipinski definition) is 1. The summed E-state index contributed by atoms with van der Waals surface area (Å²) in [6, 6.07) is 15.8. The van der Waals surface area contributed by atoms with Gasteiger partial charge in [-0.2, -0.15) is 0 Å². The SMILES string of the molecule is Cc1ccc(S(=O)(=O)NC(=O)ON=C(c2c(Cl)cccc2Cl)S(=O)(=O)c2ccc(C)cc2)cc1. The Morgan fingerprint density at radius 3 is 1.76 bits per heavy atom. The molecular formula is C22H18Cl2N2O6S2. The molecule has 0 atom stereocenters. The van der Waals surface area contributed by atoms with Crippen LogP contribution in [0.2, 0.25) is 10.0 Å². The number of carbonyl (C=O) groups is 1. The molecule has 3 aromatic carbocycles. The monoisotopic (exact) mass is 540 g/mol. The molecule has 1 amide bonds. The van der Waals surface area contributed by atoms with Crippen LogP contribution in [0.1, 0.15) is 16.7 Å². The topological polar surface area (TPSA) is 119 Å². The van der Waals surface area contributed by atoms with Gasteiger partial charge in [0, 0.05) is 0 Å². The zero-order valence-corrected chi connectivity index (χ0v) is 21.0. The van der Waals surface area contributed by atoms with E-state index in [-0.39, 0.29) is 25.4 Å². The lowest BCUT2D eigenvalue weighted by Gasteiger charge is -2.12. The van der Waals surface area contributed by atoms with Gasteiger partial charge in [-0.25, -0.2) is 26.4 Å². The van der Waals surface area contributed by atoms with Crippen LogP contribution in [-0.2, 0) is 24.7 Å². The normalized spacial score (nSPS) is 12.3. The zero-order chi connectivity index (χ0) is 25.1. The lowest BCUT2D eigenvalue weighted by atomic mass is 10.2. The van der Waals surface area contributed by atoms with E-state index in [4.69, 9.17) is 23.2 Å². The van der Waals surface area contributed by atoms with Crippen LogP contribution in [0.3, 0.4) is 0 Å². The van der Waals surface area contributed by atoms with Gasteiger partial charge in [-0.05, 0) is 50.2 Å². The third kappa shape index (κ3) is 5.76. The molecule has 0 spiro atoms. The fraction of sp³-hybridized carbons (Fsp3) is 0.0909. The van der Waals surface area contributed by atoms with Crippen molar-refractivity contribution in [1.29, 1.82) is 0 Å². The molecular weight excluding hydrogens is 523 g/mol. The summed E-state index contributed by atoms with van der Waals surface area (Å²) >= 11 is 12.4. The number of carbonyl (C=O) groups excluding carboxylic acids is 1. The second kappa shape index (κ2) is 10.1. The molecule has 0 aromatic heterocycles. The Morgan fingerprint density at radius 2 is 1.26 bits per heavy atom. The molecule has 0 aliphatic rings. The number of nitrogens with one attached hydrogen (secondary N) is 1. The number of sulfonamides is 1. The van der Waals surface area contributed by atoms with Crippen LogP contribution in [-0.4, -0.2) is 28.0 Å². The fourth-order valence-corrected chi connectivity index (χ4v) is 5.65.